The smallest absolute Gasteiger partial charge is 0.310 e. The van der Waals surface area contributed by atoms with Crippen LogP contribution in [0.3, 0.4) is 0 Å². The Balaban J connectivity index is 0.00000338. The quantitative estimate of drug-likeness (QED) is 0.263. The highest BCUT2D eigenvalue weighted by Gasteiger charge is 2.28. The molecule has 7 heteroatoms. The number of nitrogens with zero attached hydrogens (tertiary/aromatic N) is 3. The lowest BCUT2D eigenvalue weighted by Gasteiger charge is -2.34. The van der Waals surface area contributed by atoms with Crippen molar-refractivity contribution in [3.63, 3.8) is 0 Å². The monoisotopic (exact) mass is 480 g/mol. The van der Waals surface area contributed by atoms with Crippen LogP contribution in [0.4, 0.5) is 0 Å². The van der Waals surface area contributed by atoms with E-state index in [0.717, 1.165) is 45.0 Å². The van der Waals surface area contributed by atoms with Gasteiger partial charge >= 0.3 is 5.97 Å². The number of piperidine rings is 1. The summed E-state index contributed by atoms with van der Waals surface area (Å²) in [5.74, 6) is 1.41. The fourth-order valence-electron chi connectivity index (χ4n) is 3.75. The van der Waals surface area contributed by atoms with Crippen molar-refractivity contribution in [3.05, 3.63) is 0 Å². The number of guanidine groups is 1. The molecule has 6 nitrogen and oxygen atoms in total. The van der Waals surface area contributed by atoms with E-state index in [1.807, 2.05) is 6.92 Å². The number of rotatable bonds is 7. The fourth-order valence-corrected chi connectivity index (χ4v) is 3.75. The normalized spacial score (nSPS) is 22.7. The molecule has 2 rings (SSSR count). The summed E-state index contributed by atoms with van der Waals surface area (Å²) in [4.78, 5) is 21.7. The number of ether oxygens (including phenoxy) is 1. The summed E-state index contributed by atoms with van der Waals surface area (Å²) in [6, 6.07) is 0. The van der Waals surface area contributed by atoms with Gasteiger partial charge in [-0.15, -0.1) is 24.0 Å². The van der Waals surface area contributed by atoms with Crippen LogP contribution < -0.4 is 5.32 Å². The average Bonchev–Trinajstić information content (AvgIpc) is 3.12. The third kappa shape index (κ3) is 7.58. The number of esters is 1. The maximum Gasteiger partial charge on any atom is 0.310 e. The molecule has 2 heterocycles. The summed E-state index contributed by atoms with van der Waals surface area (Å²) < 4.78 is 5.21. The zero-order valence-corrected chi connectivity index (χ0v) is 19.0. The maximum atomic E-state index is 12.1. The van der Waals surface area contributed by atoms with E-state index in [1.165, 1.54) is 25.9 Å². The van der Waals surface area contributed by atoms with Crippen molar-refractivity contribution in [1.82, 2.24) is 15.1 Å². The van der Waals surface area contributed by atoms with Crippen molar-refractivity contribution in [1.29, 1.82) is 0 Å². The first-order chi connectivity index (χ1) is 12.1. The Morgan fingerprint density at radius 3 is 2.62 bits per heavy atom. The third-order valence-electron chi connectivity index (χ3n) is 5.00. The largest absolute Gasteiger partial charge is 0.466 e. The minimum absolute atomic E-state index is 0. The first kappa shape index (κ1) is 23.5. The van der Waals surface area contributed by atoms with Gasteiger partial charge in [-0.3, -0.25) is 9.79 Å². The van der Waals surface area contributed by atoms with E-state index in [9.17, 15) is 4.79 Å². The zero-order valence-electron chi connectivity index (χ0n) is 16.7. The Morgan fingerprint density at radius 2 is 1.96 bits per heavy atom. The van der Waals surface area contributed by atoms with Gasteiger partial charge < -0.3 is 19.9 Å². The Morgan fingerprint density at radius 1 is 1.23 bits per heavy atom. The molecule has 152 valence electrons. The highest BCUT2D eigenvalue weighted by atomic mass is 127. The van der Waals surface area contributed by atoms with Crippen molar-refractivity contribution in [2.24, 2.45) is 16.8 Å². The van der Waals surface area contributed by atoms with Crippen LogP contribution in [-0.4, -0.2) is 74.1 Å². The number of hydrogen-bond acceptors (Lipinski definition) is 4. The number of halogens is 1. The number of aliphatic imine (C=N–C) groups is 1. The number of hydrogen-bond donors (Lipinski definition) is 1. The lowest BCUT2D eigenvalue weighted by Crippen LogP contribution is -2.48. The van der Waals surface area contributed by atoms with Gasteiger partial charge in [0.15, 0.2) is 5.96 Å². The maximum absolute atomic E-state index is 12.1. The van der Waals surface area contributed by atoms with Crippen LogP contribution >= 0.6 is 24.0 Å². The molecule has 0 aliphatic carbocycles. The summed E-state index contributed by atoms with van der Waals surface area (Å²) in [7, 11) is 0. The second-order valence-corrected chi connectivity index (χ2v) is 7.34. The SMILES string of the molecule is CCNC(=NCC(C)CN1CCCC1)N1CCCC(C(=O)OCC)C1.I. The summed E-state index contributed by atoms with van der Waals surface area (Å²) in [5.41, 5.74) is 0. The number of nitrogens with one attached hydrogen (secondary N) is 1. The van der Waals surface area contributed by atoms with Crippen molar-refractivity contribution >= 4 is 35.9 Å². The van der Waals surface area contributed by atoms with Gasteiger partial charge in [0.1, 0.15) is 0 Å². The first-order valence-electron chi connectivity index (χ1n) is 10.1. The van der Waals surface area contributed by atoms with E-state index in [2.05, 4.69) is 29.0 Å². The van der Waals surface area contributed by atoms with Crippen molar-refractivity contribution in [2.75, 3.05) is 52.4 Å². The molecule has 2 aliphatic rings. The number of carbonyl (C=O) groups is 1. The van der Waals surface area contributed by atoms with Gasteiger partial charge in [-0.1, -0.05) is 6.92 Å². The molecule has 0 amide bonds. The number of likely N-dealkylation sites (tertiary alicyclic amines) is 2. The molecular weight excluding hydrogens is 443 g/mol. The van der Waals surface area contributed by atoms with Gasteiger partial charge in [-0.25, -0.2) is 0 Å². The molecule has 0 aromatic carbocycles. The van der Waals surface area contributed by atoms with Gasteiger partial charge in [-0.05, 0) is 58.5 Å². The van der Waals surface area contributed by atoms with Crippen LogP contribution in [0.5, 0.6) is 0 Å². The van der Waals surface area contributed by atoms with Crippen LogP contribution in [0.25, 0.3) is 0 Å². The van der Waals surface area contributed by atoms with Crippen LogP contribution in [0.2, 0.25) is 0 Å². The standard InChI is InChI=1S/C19H36N4O2.HI/c1-4-20-19(21-13-16(3)14-22-10-6-7-11-22)23-12-8-9-17(15-23)18(24)25-5-2;/h16-17H,4-15H2,1-3H3,(H,20,21);1H. The molecule has 0 saturated carbocycles. The lowest BCUT2D eigenvalue weighted by atomic mass is 9.98. The molecule has 2 unspecified atom stereocenters. The minimum atomic E-state index is -0.0644. The lowest BCUT2D eigenvalue weighted by molar-refractivity contribution is -0.149. The van der Waals surface area contributed by atoms with E-state index in [1.54, 1.807) is 0 Å². The predicted octanol–water partition coefficient (Wildman–Crippen LogP) is 2.58. The van der Waals surface area contributed by atoms with Crippen LogP contribution in [0, 0.1) is 11.8 Å². The van der Waals surface area contributed by atoms with E-state index >= 15 is 0 Å². The Labute approximate surface area is 176 Å². The molecule has 2 atom stereocenters. The van der Waals surface area contributed by atoms with E-state index < -0.39 is 0 Å². The molecule has 0 radical (unpaired) electrons. The molecule has 0 aromatic rings. The summed E-state index contributed by atoms with van der Waals surface area (Å²) >= 11 is 0. The van der Waals surface area contributed by atoms with Crippen LogP contribution in [0.1, 0.15) is 46.5 Å². The molecule has 2 saturated heterocycles. The third-order valence-corrected chi connectivity index (χ3v) is 5.00. The highest BCUT2D eigenvalue weighted by Crippen LogP contribution is 2.18. The Bertz CT molecular complexity index is 441. The van der Waals surface area contributed by atoms with Crippen LogP contribution in [0.15, 0.2) is 4.99 Å². The van der Waals surface area contributed by atoms with E-state index in [4.69, 9.17) is 9.73 Å². The van der Waals surface area contributed by atoms with E-state index in [0.29, 0.717) is 19.1 Å². The zero-order chi connectivity index (χ0) is 18.1. The van der Waals surface area contributed by atoms with Gasteiger partial charge in [0.05, 0.1) is 12.5 Å². The molecular formula is C19H37IN4O2. The van der Waals surface area contributed by atoms with Crippen molar-refractivity contribution in [3.8, 4) is 0 Å². The van der Waals surface area contributed by atoms with Crippen molar-refractivity contribution < 1.29 is 9.53 Å². The molecule has 2 fully saturated rings. The first-order valence-corrected chi connectivity index (χ1v) is 10.1. The van der Waals surface area contributed by atoms with Gasteiger partial charge in [-0.2, -0.15) is 0 Å². The number of carbonyl (C=O) groups excluding carboxylic acids is 1. The molecule has 1 N–H and O–H groups in total. The van der Waals surface area contributed by atoms with Crippen LogP contribution in [-0.2, 0) is 9.53 Å². The molecule has 26 heavy (non-hydrogen) atoms. The second-order valence-electron chi connectivity index (χ2n) is 7.34. The Hall–Kier alpha value is -0.570. The average molecular weight is 480 g/mol. The minimum Gasteiger partial charge on any atom is -0.466 e. The van der Waals surface area contributed by atoms with Crippen molar-refractivity contribution in [2.45, 2.75) is 46.5 Å². The van der Waals surface area contributed by atoms with E-state index in [-0.39, 0.29) is 35.9 Å². The summed E-state index contributed by atoms with van der Waals surface area (Å²) in [5, 5.41) is 3.40. The summed E-state index contributed by atoms with van der Waals surface area (Å²) in [6.45, 7) is 13.7. The molecule has 0 aromatic heterocycles. The predicted molar refractivity (Wildman–Crippen MR) is 117 cm³/mol. The second kappa shape index (κ2) is 12.8. The highest BCUT2D eigenvalue weighted by molar-refractivity contribution is 14.0. The topological polar surface area (TPSA) is 57.2 Å². The van der Waals surface area contributed by atoms with Gasteiger partial charge in [0.25, 0.3) is 0 Å². The van der Waals surface area contributed by atoms with Gasteiger partial charge in [0.2, 0.25) is 0 Å². The molecule has 0 bridgehead atoms. The fraction of sp³-hybridized carbons (Fsp3) is 0.895. The summed E-state index contributed by atoms with van der Waals surface area (Å²) in [6.07, 6.45) is 4.60. The van der Waals surface area contributed by atoms with Gasteiger partial charge in [0, 0.05) is 32.7 Å². The molecule has 2 aliphatic heterocycles. The Kier molecular flexibility index (Phi) is 11.5. The molecule has 0 spiro atoms.